The predicted molar refractivity (Wildman–Crippen MR) is 78.3 cm³/mol. The number of hydrogen-bond acceptors (Lipinski definition) is 3. The lowest BCUT2D eigenvalue weighted by atomic mass is 9.96. The molecule has 1 saturated heterocycles. The molecule has 0 saturated carbocycles. The third kappa shape index (κ3) is 3.26. The van der Waals surface area contributed by atoms with Crippen molar-refractivity contribution in [2.75, 3.05) is 0 Å². The number of likely N-dealkylation sites (tertiary alicyclic amines) is 1. The van der Waals surface area contributed by atoms with Crippen LogP contribution in [-0.4, -0.2) is 37.2 Å². The monoisotopic (exact) mass is 285 g/mol. The number of ketones is 1. The second-order valence-electron chi connectivity index (χ2n) is 6.82. The van der Waals surface area contributed by atoms with E-state index in [2.05, 4.69) is 33.9 Å². The molecule has 0 aromatic rings. The van der Waals surface area contributed by atoms with E-state index in [1.165, 1.54) is 0 Å². The molecule has 1 amide bonds. The first kappa shape index (κ1) is 16.4. The van der Waals surface area contributed by atoms with Gasteiger partial charge >= 0.3 is 0 Å². The number of carbonyl (C=O) groups is 2. The molecule has 0 aliphatic carbocycles. The van der Waals surface area contributed by atoms with E-state index >= 15 is 0 Å². The predicted octanol–water partition coefficient (Wildman–Crippen LogP) is 2.93. The molecule has 0 spiro atoms. The van der Waals surface area contributed by atoms with E-state index in [0.29, 0.717) is 12.8 Å². The Bertz CT molecular complexity index is 373. The van der Waals surface area contributed by atoms with Crippen molar-refractivity contribution < 1.29 is 14.0 Å². The molecule has 4 nitrogen and oxygen atoms in total. The van der Waals surface area contributed by atoms with Crippen LogP contribution in [0.2, 0.25) is 18.1 Å². The SMILES string of the molecule is CCC(=O)[C@H]1CC(=O)N1C(C)O[Si](C)(C)C(C)(C)C. The molecular weight excluding hydrogens is 258 g/mol. The zero-order chi connectivity index (χ0) is 15.0. The Balaban J connectivity index is 2.75. The molecule has 1 unspecified atom stereocenters. The van der Waals surface area contributed by atoms with Crippen LogP contribution in [0, 0.1) is 0 Å². The van der Waals surface area contributed by atoms with Crippen LogP contribution in [0.3, 0.4) is 0 Å². The van der Waals surface area contributed by atoms with Gasteiger partial charge in [0.05, 0.1) is 6.42 Å². The zero-order valence-corrected chi connectivity index (χ0v) is 14.2. The third-order valence-electron chi connectivity index (χ3n) is 4.37. The highest BCUT2D eigenvalue weighted by Crippen LogP contribution is 2.38. The van der Waals surface area contributed by atoms with Crippen molar-refractivity contribution in [3.8, 4) is 0 Å². The summed E-state index contributed by atoms with van der Waals surface area (Å²) in [6.45, 7) is 14.5. The summed E-state index contributed by atoms with van der Waals surface area (Å²) in [5.74, 6) is 0.156. The molecule has 2 atom stereocenters. The first-order valence-corrected chi connectivity index (χ1v) is 9.93. The van der Waals surface area contributed by atoms with Gasteiger partial charge in [0.25, 0.3) is 0 Å². The van der Waals surface area contributed by atoms with Crippen LogP contribution in [0.15, 0.2) is 0 Å². The van der Waals surface area contributed by atoms with Crippen LogP contribution < -0.4 is 0 Å². The summed E-state index contributed by atoms with van der Waals surface area (Å²) in [5.41, 5.74) is 0. The Morgan fingerprint density at radius 3 is 2.37 bits per heavy atom. The summed E-state index contributed by atoms with van der Waals surface area (Å²) in [5, 5.41) is 0.0967. The molecule has 0 N–H and O–H groups in total. The molecular formula is C14H27NO3Si. The van der Waals surface area contributed by atoms with E-state index in [1.807, 2.05) is 13.8 Å². The van der Waals surface area contributed by atoms with Gasteiger partial charge in [0.1, 0.15) is 12.3 Å². The maximum atomic E-state index is 11.8. The van der Waals surface area contributed by atoms with Crippen molar-refractivity contribution in [3.05, 3.63) is 0 Å². The Labute approximate surface area is 117 Å². The lowest BCUT2D eigenvalue weighted by Crippen LogP contribution is -2.62. The highest BCUT2D eigenvalue weighted by molar-refractivity contribution is 6.74. The van der Waals surface area contributed by atoms with Crippen molar-refractivity contribution in [2.45, 2.75) is 77.9 Å². The summed E-state index contributed by atoms with van der Waals surface area (Å²) >= 11 is 0. The van der Waals surface area contributed by atoms with Crippen molar-refractivity contribution >= 4 is 20.0 Å². The fourth-order valence-electron chi connectivity index (χ4n) is 2.05. The summed E-state index contributed by atoms with van der Waals surface area (Å²) in [7, 11) is -1.92. The summed E-state index contributed by atoms with van der Waals surface area (Å²) in [6, 6.07) is -0.266. The van der Waals surface area contributed by atoms with Crippen LogP contribution in [0.5, 0.6) is 0 Å². The number of Topliss-reactive ketones (excluding diaryl/α,β-unsaturated/α-hetero) is 1. The van der Waals surface area contributed by atoms with Gasteiger partial charge in [0, 0.05) is 6.42 Å². The minimum Gasteiger partial charge on any atom is -0.397 e. The van der Waals surface area contributed by atoms with E-state index in [-0.39, 0.29) is 29.0 Å². The number of carbonyl (C=O) groups excluding carboxylic acids is 2. The minimum atomic E-state index is -1.92. The van der Waals surface area contributed by atoms with Crippen molar-refractivity contribution in [1.82, 2.24) is 4.90 Å². The quantitative estimate of drug-likeness (QED) is 0.576. The van der Waals surface area contributed by atoms with Gasteiger partial charge in [-0.1, -0.05) is 27.7 Å². The maximum absolute atomic E-state index is 11.8. The van der Waals surface area contributed by atoms with Gasteiger partial charge in [-0.3, -0.25) is 9.59 Å². The Hall–Kier alpha value is -0.683. The summed E-state index contributed by atoms with van der Waals surface area (Å²) in [6.07, 6.45) is 0.515. The molecule has 1 fully saturated rings. The fourth-order valence-corrected chi connectivity index (χ4v) is 3.37. The van der Waals surface area contributed by atoms with Crippen LogP contribution in [0.1, 0.15) is 47.5 Å². The van der Waals surface area contributed by atoms with Crippen molar-refractivity contribution in [2.24, 2.45) is 0 Å². The van der Waals surface area contributed by atoms with E-state index in [0.717, 1.165) is 0 Å². The molecule has 0 aromatic carbocycles. The molecule has 0 radical (unpaired) electrons. The molecule has 1 heterocycles. The van der Waals surface area contributed by atoms with Crippen LogP contribution in [0.4, 0.5) is 0 Å². The average Bonchev–Trinajstić information content (AvgIpc) is 2.22. The minimum absolute atomic E-state index is 0.0259. The second kappa shape index (κ2) is 5.36. The molecule has 110 valence electrons. The Morgan fingerprint density at radius 2 is 2.00 bits per heavy atom. The number of rotatable bonds is 5. The van der Waals surface area contributed by atoms with Gasteiger partial charge < -0.3 is 9.33 Å². The second-order valence-corrected chi connectivity index (χ2v) is 11.6. The molecule has 1 aliphatic rings. The molecule has 19 heavy (non-hydrogen) atoms. The highest BCUT2D eigenvalue weighted by Gasteiger charge is 2.46. The van der Waals surface area contributed by atoms with Crippen LogP contribution >= 0.6 is 0 Å². The molecule has 0 bridgehead atoms. The van der Waals surface area contributed by atoms with Crippen LogP contribution in [-0.2, 0) is 14.0 Å². The zero-order valence-electron chi connectivity index (χ0n) is 13.2. The third-order valence-corrected chi connectivity index (χ3v) is 8.92. The van der Waals surface area contributed by atoms with Gasteiger partial charge in [0.15, 0.2) is 14.1 Å². The molecule has 1 rings (SSSR count). The van der Waals surface area contributed by atoms with Gasteiger partial charge in [-0.05, 0) is 25.1 Å². The molecule has 0 aromatic heterocycles. The molecule has 5 heteroatoms. The van der Waals surface area contributed by atoms with Gasteiger partial charge in [-0.25, -0.2) is 0 Å². The largest absolute Gasteiger partial charge is 0.397 e. The van der Waals surface area contributed by atoms with Gasteiger partial charge in [-0.2, -0.15) is 0 Å². The lowest BCUT2D eigenvalue weighted by molar-refractivity contribution is -0.165. The standard InChI is InChI=1S/C14H27NO3Si/c1-8-12(16)11-9-13(17)15(11)10(2)18-19(6,7)14(3,4)5/h10-11H,8-9H2,1-7H3/t10?,11-/m1/s1. The van der Waals surface area contributed by atoms with E-state index in [4.69, 9.17) is 4.43 Å². The number of hydrogen-bond donors (Lipinski definition) is 0. The van der Waals surface area contributed by atoms with E-state index in [1.54, 1.807) is 4.90 Å². The topological polar surface area (TPSA) is 46.6 Å². The Kier molecular flexibility index (Phi) is 4.62. The Morgan fingerprint density at radius 1 is 1.47 bits per heavy atom. The highest BCUT2D eigenvalue weighted by atomic mass is 28.4. The first-order chi connectivity index (χ1) is 8.51. The lowest BCUT2D eigenvalue weighted by Gasteiger charge is -2.47. The first-order valence-electron chi connectivity index (χ1n) is 7.03. The molecule has 1 aliphatic heterocycles. The number of nitrogens with zero attached hydrogens (tertiary/aromatic N) is 1. The van der Waals surface area contributed by atoms with E-state index < -0.39 is 8.32 Å². The maximum Gasteiger partial charge on any atom is 0.227 e. The number of amides is 1. The van der Waals surface area contributed by atoms with Crippen molar-refractivity contribution in [1.29, 1.82) is 0 Å². The van der Waals surface area contributed by atoms with Gasteiger partial charge in [0.2, 0.25) is 5.91 Å². The normalized spacial score (nSPS) is 22.2. The van der Waals surface area contributed by atoms with Crippen molar-refractivity contribution in [3.63, 3.8) is 0 Å². The summed E-state index contributed by atoms with van der Waals surface area (Å²) in [4.78, 5) is 25.1. The van der Waals surface area contributed by atoms with Gasteiger partial charge in [-0.15, -0.1) is 0 Å². The number of β-lactam (4-membered cyclic amide) rings is 1. The van der Waals surface area contributed by atoms with E-state index in [9.17, 15) is 9.59 Å². The average molecular weight is 285 g/mol. The smallest absolute Gasteiger partial charge is 0.227 e. The summed E-state index contributed by atoms with van der Waals surface area (Å²) < 4.78 is 6.19. The van der Waals surface area contributed by atoms with Crippen LogP contribution in [0.25, 0.3) is 0 Å². The fraction of sp³-hybridized carbons (Fsp3) is 0.857.